The van der Waals surface area contributed by atoms with Crippen molar-refractivity contribution >= 4 is 15.8 Å². The summed E-state index contributed by atoms with van der Waals surface area (Å²) in [5.74, 6) is 0.0505. The Labute approximate surface area is 126 Å². The lowest BCUT2D eigenvalue weighted by atomic mass is 10.1. The van der Waals surface area contributed by atoms with E-state index in [0.717, 1.165) is 19.6 Å². The summed E-state index contributed by atoms with van der Waals surface area (Å²) in [6.45, 7) is 7.16. The van der Waals surface area contributed by atoms with Crippen LogP contribution in [0.2, 0.25) is 0 Å². The van der Waals surface area contributed by atoms with Crippen molar-refractivity contribution in [3.05, 3.63) is 6.20 Å². The van der Waals surface area contributed by atoms with Crippen molar-refractivity contribution in [1.29, 1.82) is 0 Å². The van der Waals surface area contributed by atoms with Crippen molar-refractivity contribution in [2.75, 3.05) is 25.4 Å². The van der Waals surface area contributed by atoms with E-state index in [4.69, 9.17) is 5.73 Å². The molecule has 0 aliphatic carbocycles. The van der Waals surface area contributed by atoms with Crippen LogP contribution < -0.4 is 10.5 Å². The first-order valence-corrected chi connectivity index (χ1v) is 8.98. The normalized spacial score (nSPS) is 18.8. The van der Waals surface area contributed by atoms with E-state index in [2.05, 4.69) is 14.7 Å². The SMILES string of the molecule is CCn1cc(S(=O)(=O)NC(C)CN2CCCCC2)c(N)n1. The van der Waals surface area contributed by atoms with Crippen LogP contribution >= 0.6 is 0 Å². The molecule has 3 N–H and O–H groups in total. The molecule has 2 rings (SSSR count). The maximum absolute atomic E-state index is 12.4. The Morgan fingerprint density at radius 1 is 1.38 bits per heavy atom. The number of sulfonamides is 1. The Bertz CT molecular complexity index is 563. The van der Waals surface area contributed by atoms with Gasteiger partial charge in [0.1, 0.15) is 4.90 Å². The highest BCUT2D eigenvalue weighted by Crippen LogP contribution is 2.17. The predicted octanol–water partition coefficient (Wildman–Crippen LogP) is 0.638. The summed E-state index contributed by atoms with van der Waals surface area (Å²) < 4.78 is 29.0. The topological polar surface area (TPSA) is 93.2 Å². The Hall–Kier alpha value is -1.12. The van der Waals surface area contributed by atoms with Crippen LogP contribution in [0.1, 0.15) is 33.1 Å². The van der Waals surface area contributed by atoms with Gasteiger partial charge in [0.2, 0.25) is 10.0 Å². The van der Waals surface area contributed by atoms with Crippen molar-refractivity contribution in [1.82, 2.24) is 19.4 Å². The lowest BCUT2D eigenvalue weighted by Gasteiger charge is -2.29. The van der Waals surface area contributed by atoms with E-state index < -0.39 is 10.0 Å². The summed E-state index contributed by atoms with van der Waals surface area (Å²) >= 11 is 0. The number of nitrogens with zero attached hydrogens (tertiary/aromatic N) is 3. The van der Waals surface area contributed by atoms with E-state index in [0.29, 0.717) is 6.54 Å². The first-order chi connectivity index (χ1) is 9.92. The molecule has 1 atom stereocenters. The molecule has 1 aromatic heterocycles. The summed E-state index contributed by atoms with van der Waals surface area (Å²) in [7, 11) is -3.62. The van der Waals surface area contributed by atoms with E-state index in [1.165, 1.54) is 30.1 Å². The van der Waals surface area contributed by atoms with Gasteiger partial charge in [0.25, 0.3) is 0 Å². The number of aromatic nitrogens is 2. The van der Waals surface area contributed by atoms with Crippen molar-refractivity contribution in [2.24, 2.45) is 0 Å². The molecule has 0 radical (unpaired) electrons. The third-order valence-electron chi connectivity index (χ3n) is 3.71. The van der Waals surface area contributed by atoms with Gasteiger partial charge in [0.05, 0.1) is 0 Å². The predicted molar refractivity (Wildman–Crippen MR) is 82.4 cm³/mol. The van der Waals surface area contributed by atoms with E-state index >= 15 is 0 Å². The zero-order chi connectivity index (χ0) is 15.5. The molecule has 8 heteroatoms. The molecule has 2 heterocycles. The van der Waals surface area contributed by atoms with E-state index in [1.54, 1.807) is 0 Å². The van der Waals surface area contributed by atoms with Gasteiger partial charge in [-0.2, -0.15) is 5.10 Å². The van der Waals surface area contributed by atoms with Crippen LogP contribution in [-0.4, -0.2) is 48.8 Å². The number of aryl methyl sites for hydroxylation is 1. The van der Waals surface area contributed by atoms with Gasteiger partial charge in [-0.1, -0.05) is 6.42 Å². The second kappa shape index (κ2) is 6.76. The van der Waals surface area contributed by atoms with Gasteiger partial charge >= 0.3 is 0 Å². The van der Waals surface area contributed by atoms with Crippen LogP contribution in [0, 0.1) is 0 Å². The monoisotopic (exact) mass is 315 g/mol. The molecule has 7 nitrogen and oxygen atoms in total. The Morgan fingerprint density at radius 3 is 2.62 bits per heavy atom. The van der Waals surface area contributed by atoms with Crippen molar-refractivity contribution in [2.45, 2.75) is 50.6 Å². The fraction of sp³-hybridized carbons (Fsp3) is 0.769. The maximum atomic E-state index is 12.4. The molecule has 120 valence electrons. The molecule has 0 spiro atoms. The number of anilines is 1. The molecule has 1 aromatic rings. The molecular weight excluding hydrogens is 290 g/mol. The molecule has 1 aliphatic rings. The fourth-order valence-corrected chi connectivity index (χ4v) is 3.99. The van der Waals surface area contributed by atoms with Gasteiger partial charge in [0.15, 0.2) is 5.82 Å². The molecule has 21 heavy (non-hydrogen) atoms. The van der Waals surface area contributed by atoms with Crippen molar-refractivity contribution in [3.63, 3.8) is 0 Å². The zero-order valence-corrected chi connectivity index (χ0v) is 13.6. The highest BCUT2D eigenvalue weighted by Gasteiger charge is 2.24. The van der Waals surface area contributed by atoms with E-state index in [1.807, 2.05) is 13.8 Å². The standard InChI is InChI=1S/C13H25N5O2S/c1-3-18-10-12(13(14)15-18)21(19,20)16-11(2)9-17-7-5-4-6-8-17/h10-11,16H,3-9H2,1-2H3,(H2,14,15). The number of nitrogen functional groups attached to an aromatic ring is 1. The summed E-state index contributed by atoms with van der Waals surface area (Å²) in [5, 5.41) is 3.98. The summed E-state index contributed by atoms with van der Waals surface area (Å²) in [5.41, 5.74) is 5.70. The second-order valence-electron chi connectivity index (χ2n) is 5.62. The molecule has 0 bridgehead atoms. The quantitative estimate of drug-likeness (QED) is 0.803. The lowest BCUT2D eigenvalue weighted by Crippen LogP contribution is -2.43. The zero-order valence-electron chi connectivity index (χ0n) is 12.7. The van der Waals surface area contributed by atoms with Gasteiger partial charge in [0, 0.05) is 25.3 Å². The highest BCUT2D eigenvalue weighted by atomic mass is 32.2. The minimum atomic E-state index is -3.62. The van der Waals surface area contributed by atoms with Gasteiger partial charge in [-0.15, -0.1) is 0 Å². The van der Waals surface area contributed by atoms with Gasteiger partial charge < -0.3 is 10.6 Å². The van der Waals surface area contributed by atoms with Crippen LogP contribution in [0.4, 0.5) is 5.82 Å². The van der Waals surface area contributed by atoms with E-state index in [-0.39, 0.29) is 16.8 Å². The van der Waals surface area contributed by atoms with Crippen LogP contribution in [0.5, 0.6) is 0 Å². The summed E-state index contributed by atoms with van der Waals surface area (Å²) in [6, 6.07) is -0.155. The van der Waals surface area contributed by atoms with Gasteiger partial charge in [-0.05, 0) is 39.8 Å². The number of piperidine rings is 1. The Balaban J connectivity index is 2.00. The number of rotatable bonds is 6. The second-order valence-corrected chi connectivity index (χ2v) is 7.30. The number of hydrogen-bond donors (Lipinski definition) is 2. The summed E-state index contributed by atoms with van der Waals surface area (Å²) in [6.07, 6.45) is 5.13. The molecule has 0 amide bonds. The average molecular weight is 315 g/mol. The third kappa shape index (κ3) is 4.18. The Morgan fingerprint density at radius 2 is 2.05 bits per heavy atom. The molecular formula is C13H25N5O2S. The van der Waals surface area contributed by atoms with Gasteiger partial charge in [-0.3, -0.25) is 4.68 Å². The van der Waals surface area contributed by atoms with Crippen LogP contribution in [0.3, 0.4) is 0 Å². The number of nitrogens with two attached hydrogens (primary N) is 1. The highest BCUT2D eigenvalue weighted by molar-refractivity contribution is 7.89. The largest absolute Gasteiger partial charge is 0.381 e. The van der Waals surface area contributed by atoms with Crippen molar-refractivity contribution < 1.29 is 8.42 Å². The minimum absolute atomic E-state index is 0.0505. The smallest absolute Gasteiger partial charge is 0.246 e. The number of likely N-dealkylation sites (tertiary alicyclic amines) is 1. The number of nitrogens with one attached hydrogen (secondary N) is 1. The summed E-state index contributed by atoms with van der Waals surface area (Å²) in [4.78, 5) is 2.37. The molecule has 0 saturated carbocycles. The average Bonchev–Trinajstić information content (AvgIpc) is 2.81. The first kappa shape index (κ1) is 16.3. The molecule has 0 aromatic carbocycles. The third-order valence-corrected chi connectivity index (χ3v) is 5.31. The van der Waals surface area contributed by atoms with Crippen molar-refractivity contribution in [3.8, 4) is 0 Å². The van der Waals surface area contributed by atoms with E-state index in [9.17, 15) is 8.42 Å². The van der Waals surface area contributed by atoms with Crippen LogP contribution in [0.25, 0.3) is 0 Å². The minimum Gasteiger partial charge on any atom is -0.381 e. The molecule has 1 aliphatic heterocycles. The van der Waals surface area contributed by atoms with Crippen LogP contribution in [0.15, 0.2) is 11.1 Å². The molecule has 1 fully saturated rings. The maximum Gasteiger partial charge on any atom is 0.246 e. The van der Waals surface area contributed by atoms with Crippen LogP contribution in [-0.2, 0) is 16.6 Å². The number of hydrogen-bond acceptors (Lipinski definition) is 5. The fourth-order valence-electron chi connectivity index (χ4n) is 2.68. The lowest BCUT2D eigenvalue weighted by molar-refractivity contribution is 0.215. The van der Waals surface area contributed by atoms with Gasteiger partial charge in [-0.25, -0.2) is 13.1 Å². The first-order valence-electron chi connectivity index (χ1n) is 7.50. The molecule has 1 saturated heterocycles. The Kier molecular flexibility index (Phi) is 5.23. The molecule has 1 unspecified atom stereocenters.